The van der Waals surface area contributed by atoms with Crippen LogP contribution in [-0.4, -0.2) is 22.6 Å². The summed E-state index contributed by atoms with van der Waals surface area (Å²) in [6.45, 7) is 9.52. The van der Waals surface area contributed by atoms with Gasteiger partial charge in [-0.3, -0.25) is 9.59 Å². The first-order valence-corrected chi connectivity index (χ1v) is 7.80. The molecule has 0 spiro atoms. The number of carboxylic acid groups (broad SMARTS) is 1. The number of allylic oxidation sites excluding steroid dienone is 1. The molecular weight excluding hydrogens is 316 g/mol. The van der Waals surface area contributed by atoms with Crippen molar-refractivity contribution in [3.05, 3.63) is 72.8 Å². The van der Waals surface area contributed by atoms with Gasteiger partial charge in [-0.2, -0.15) is 0 Å². The maximum absolute atomic E-state index is 11.8. The molecule has 0 amide bonds. The van der Waals surface area contributed by atoms with E-state index >= 15 is 0 Å². The van der Waals surface area contributed by atoms with E-state index in [0.717, 1.165) is 16.3 Å². The molecule has 0 saturated carbocycles. The lowest BCUT2D eigenvalue weighted by Crippen LogP contribution is -2.22. The van der Waals surface area contributed by atoms with E-state index in [-0.39, 0.29) is 17.1 Å². The molecule has 0 aliphatic heterocycles. The monoisotopic (exact) mass is 338 g/mol. The van der Waals surface area contributed by atoms with E-state index < -0.39 is 11.9 Å². The molecule has 0 bridgehead atoms. The molecule has 4 nitrogen and oxygen atoms in total. The minimum Gasteiger partial charge on any atom is -0.478 e. The third kappa shape index (κ3) is 5.84. The topological polar surface area (TPSA) is 71.4 Å². The zero-order valence-electron chi connectivity index (χ0n) is 14.5. The first-order valence-electron chi connectivity index (χ1n) is 7.80. The number of fused-ring (bicyclic) bond motifs is 1. The number of hydrogen-bond donors (Lipinski definition) is 1. The molecule has 130 valence electrons. The molecule has 0 aliphatic carbocycles. The summed E-state index contributed by atoms with van der Waals surface area (Å²) in [5, 5.41) is 10.1. The summed E-state index contributed by atoms with van der Waals surface area (Å²) in [7, 11) is 0. The number of Topliss-reactive ketones (excluding diaryl/α,β-unsaturated/α-hetero) is 1. The number of ketones is 2. The van der Waals surface area contributed by atoms with Crippen molar-refractivity contribution in [2.24, 2.45) is 5.92 Å². The summed E-state index contributed by atoms with van der Waals surface area (Å²) in [5.41, 5.74) is 1.20. The molecule has 2 aromatic rings. The van der Waals surface area contributed by atoms with Gasteiger partial charge < -0.3 is 5.11 Å². The molecule has 25 heavy (non-hydrogen) atoms. The van der Waals surface area contributed by atoms with E-state index in [0.29, 0.717) is 6.42 Å². The minimum atomic E-state index is -0.935. The van der Waals surface area contributed by atoms with Crippen LogP contribution in [0.5, 0.6) is 0 Å². The van der Waals surface area contributed by atoms with E-state index in [1.54, 1.807) is 0 Å². The Labute approximate surface area is 147 Å². The van der Waals surface area contributed by atoms with Crippen molar-refractivity contribution in [3.63, 3.8) is 0 Å². The van der Waals surface area contributed by atoms with Crippen molar-refractivity contribution < 1.29 is 19.5 Å². The summed E-state index contributed by atoms with van der Waals surface area (Å²) in [6, 6.07) is 13.9. The fourth-order valence-corrected chi connectivity index (χ4v) is 2.28. The highest BCUT2D eigenvalue weighted by atomic mass is 16.4. The predicted octanol–water partition coefficient (Wildman–Crippen LogP) is 3.99. The zero-order chi connectivity index (χ0) is 19.0. The van der Waals surface area contributed by atoms with Crippen LogP contribution in [0.2, 0.25) is 0 Å². The summed E-state index contributed by atoms with van der Waals surface area (Å²) >= 11 is 0. The SMILES string of the molecule is C=C(C)C(=O)O.C=CC(=O)C(Cc1cccc2ccccc12)C(C)=O. The third-order valence-electron chi connectivity index (χ3n) is 3.70. The Kier molecular flexibility index (Phi) is 7.47. The van der Waals surface area contributed by atoms with Gasteiger partial charge in [0.15, 0.2) is 5.78 Å². The Balaban J connectivity index is 0.000000450. The average molecular weight is 338 g/mol. The molecular formula is C21H22O4. The molecule has 1 atom stereocenters. The first-order chi connectivity index (χ1) is 11.8. The van der Waals surface area contributed by atoms with Gasteiger partial charge >= 0.3 is 5.97 Å². The number of carboxylic acids is 1. The molecule has 4 heteroatoms. The zero-order valence-corrected chi connectivity index (χ0v) is 14.5. The van der Waals surface area contributed by atoms with Crippen molar-refractivity contribution in [2.45, 2.75) is 20.3 Å². The second-order valence-corrected chi connectivity index (χ2v) is 5.70. The van der Waals surface area contributed by atoms with Crippen LogP contribution in [0.3, 0.4) is 0 Å². The Morgan fingerprint density at radius 2 is 1.64 bits per heavy atom. The number of benzene rings is 2. The van der Waals surface area contributed by atoms with Gasteiger partial charge in [-0.05, 0) is 42.7 Å². The molecule has 1 unspecified atom stereocenters. The maximum atomic E-state index is 11.8. The van der Waals surface area contributed by atoms with E-state index in [2.05, 4.69) is 13.2 Å². The van der Waals surface area contributed by atoms with Crippen LogP contribution >= 0.6 is 0 Å². The lowest BCUT2D eigenvalue weighted by Gasteiger charge is -2.12. The molecule has 0 saturated heterocycles. The van der Waals surface area contributed by atoms with Crippen molar-refractivity contribution >= 4 is 28.3 Å². The molecule has 0 fully saturated rings. The number of rotatable bonds is 6. The summed E-state index contributed by atoms with van der Waals surface area (Å²) in [5.74, 6) is -1.88. The van der Waals surface area contributed by atoms with Crippen LogP contribution in [0.15, 0.2) is 67.3 Å². The number of carbonyl (C=O) groups is 3. The normalized spacial score (nSPS) is 11.0. The third-order valence-corrected chi connectivity index (χ3v) is 3.70. The molecule has 0 radical (unpaired) electrons. The quantitative estimate of drug-likeness (QED) is 0.638. The van der Waals surface area contributed by atoms with E-state index in [1.807, 2.05) is 42.5 Å². The molecule has 2 rings (SSSR count). The van der Waals surface area contributed by atoms with Crippen molar-refractivity contribution in [3.8, 4) is 0 Å². The fraction of sp³-hybridized carbons (Fsp3) is 0.190. The van der Waals surface area contributed by atoms with E-state index in [1.165, 1.54) is 19.9 Å². The number of carbonyl (C=O) groups excluding carboxylic acids is 2. The smallest absolute Gasteiger partial charge is 0.330 e. The second kappa shape index (κ2) is 9.33. The first kappa shape index (κ1) is 20.0. The summed E-state index contributed by atoms with van der Waals surface area (Å²) < 4.78 is 0. The van der Waals surface area contributed by atoms with Crippen LogP contribution < -0.4 is 0 Å². The number of hydrogen-bond acceptors (Lipinski definition) is 3. The fourth-order valence-electron chi connectivity index (χ4n) is 2.28. The van der Waals surface area contributed by atoms with Crippen molar-refractivity contribution in [1.29, 1.82) is 0 Å². The van der Waals surface area contributed by atoms with E-state index in [4.69, 9.17) is 5.11 Å². The standard InChI is InChI=1S/C17H16O2.C4H6O2/c1-3-17(19)16(12(2)18)11-14-9-6-8-13-7-4-5-10-15(13)14;1-3(2)4(5)6/h3-10,16H,1,11H2,2H3;1H2,2H3,(H,5,6). The molecule has 0 aliphatic rings. The van der Waals surface area contributed by atoms with Crippen molar-refractivity contribution in [2.75, 3.05) is 0 Å². The van der Waals surface area contributed by atoms with Gasteiger partial charge in [0.25, 0.3) is 0 Å². The van der Waals surface area contributed by atoms with Crippen LogP contribution in [0.25, 0.3) is 10.8 Å². The Bertz CT molecular complexity index is 800. The van der Waals surface area contributed by atoms with Gasteiger partial charge in [0.2, 0.25) is 0 Å². The minimum absolute atomic E-state index is 0.113. The lowest BCUT2D eigenvalue weighted by molar-refractivity contribution is -0.132. The highest BCUT2D eigenvalue weighted by molar-refractivity contribution is 6.07. The summed E-state index contributed by atoms with van der Waals surface area (Å²) in [4.78, 5) is 33.0. The summed E-state index contributed by atoms with van der Waals surface area (Å²) in [6.07, 6.45) is 1.67. The van der Waals surface area contributed by atoms with Gasteiger partial charge in [0.05, 0.1) is 5.92 Å². The van der Waals surface area contributed by atoms with Gasteiger partial charge in [0.1, 0.15) is 5.78 Å². The van der Waals surface area contributed by atoms with Crippen LogP contribution in [0.1, 0.15) is 19.4 Å². The lowest BCUT2D eigenvalue weighted by atomic mass is 9.89. The molecule has 1 N–H and O–H groups in total. The Morgan fingerprint density at radius 1 is 1.08 bits per heavy atom. The molecule has 2 aromatic carbocycles. The average Bonchev–Trinajstić information content (AvgIpc) is 2.59. The highest BCUT2D eigenvalue weighted by Gasteiger charge is 2.21. The van der Waals surface area contributed by atoms with Crippen LogP contribution in [0, 0.1) is 5.92 Å². The van der Waals surface area contributed by atoms with E-state index in [9.17, 15) is 14.4 Å². The predicted molar refractivity (Wildman–Crippen MR) is 99.5 cm³/mol. The Hall–Kier alpha value is -3.01. The highest BCUT2D eigenvalue weighted by Crippen LogP contribution is 2.22. The second-order valence-electron chi connectivity index (χ2n) is 5.70. The van der Waals surface area contributed by atoms with Crippen LogP contribution in [-0.2, 0) is 20.8 Å². The van der Waals surface area contributed by atoms with Gasteiger partial charge in [-0.15, -0.1) is 0 Å². The molecule has 0 aromatic heterocycles. The molecule has 0 heterocycles. The largest absolute Gasteiger partial charge is 0.478 e. The van der Waals surface area contributed by atoms with Crippen molar-refractivity contribution in [1.82, 2.24) is 0 Å². The van der Waals surface area contributed by atoms with Gasteiger partial charge in [-0.25, -0.2) is 4.79 Å². The van der Waals surface area contributed by atoms with Gasteiger partial charge in [0, 0.05) is 5.57 Å². The van der Waals surface area contributed by atoms with Gasteiger partial charge in [-0.1, -0.05) is 55.6 Å². The Morgan fingerprint density at radius 3 is 2.16 bits per heavy atom. The number of aliphatic carboxylic acids is 1. The van der Waals surface area contributed by atoms with Crippen LogP contribution in [0.4, 0.5) is 0 Å². The maximum Gasteiger partial charge on any atom is 0.330 e.